The molecule has 13 nitrogen and oxygen atoms in total. The highest BCUT2D eigenvalue weighted by Crippen LogP contribution is 2.35. The van der Waals surface area contributed by atoms with Crippen LogP contribution in [0.15, 0.2) is 61.2 Å². The van der Waals surface area contributed by atoms with Gasteiger partial charge in [-0.3, -0.25) is 19.1 Å². The van der Waals surface area contributed by atoms with Crippen molar-refractivity contribution in [3.05, 3.63) is 72.4 Å². The Bertz CT molecular complexity index is 1660. The summed E-state index contributed by atoms with van der Waals surface area (Å²) in [6.45, 7) is 2.17. The summed E-state index contributed by atoms with van der Waals surface area (Å²) >= 11 is 0. The summed E-state index contributed by atoms with van der Waals surface area (Å²) in [5.41, 5.74) is 0.975. The molecule has 1 atom stereocenters. The van der Waals surface area contributed by atoms with Gasteiger partial charge in [-0.25, -0.2) is 0 Å². The van der Waals surface area contributed by atoms with Crippen LogP contribution >= 0.6 is 0 Å². The number of fused-ring (bicyclic) bond motifs is 5. The number of amides is 3. The quantitative estimate of drug-likeness (QED) is 0.310. The number of carbonyl (C=O) groups excluding carboxylic acids is 3. The summed E-state index contributed by atoms with van der Waals surface area (Å²) < 4.78 is 14.9. The molecular formula is C33H40N8O5. The minimum atomic E-state index is -0.967. The lowest BCUT2D eigenvalue weighted by molar-refractivity contribution is -0.144. The third-order valence-electron chi connectivity index (χ3n) is 8.97. The molecule has 1 fully saturated rings. The molecule has 0 saturated carbocycles. The van der Waals surface area contributed by atoms with Crippen LogP contribution in [-0.4, -0.2) is 93.7 Å². The normalized spacial score (nSPS) is 20.1. The first kappa shape index (κ1) is 31.2. The van der Waals surface area contributed by atoms with Crippen LogP contribution in [0.5, 0.6) is 5.75 Å². The van der Waals surface area contributed by atoms with Crippen molar-refractivity contribution < 1.29 is 23.9 Å². The van der Waals surface area contributed by atoms with E-state index in [2.05, 4.69) is 25.9 Å². The highest BCUT2D eigenvalue weighted by atomic mass is 16.5. The summed E-state index contributed by atoms with van der Waals surface area (Å²) in [5.74, 6) is -0.0627. The molecule has 0 spiro atoms. The standard InChI is InChI=1S/C33H40N8O5/c1-45-17-5-12-33(32(44)39-14-10-25(11-15-39)40-22-36-37-23-40)19-24-6-4-7-26(18-24)46-20-29(42)34-13-16-41-30(31(43)35-21-33)27-8-2-3-9-28(27)38-41/h2-4,6-9,18,22-23,25H,5,10-17,19-21H2,1H3,(H,34,42)(H,35,43). The van der Waals surface area contributed by atoms with Crippen molar-refractivity contribution in [1.29, 1.82) is 0 Å². The SMILES string of the molecule is COCCCC1(C(=O)N2CCC(n3cnnc3)CC2)CNC(=O)c2c3ccccc3nn2CCNC(=O)COc2cccc(c2)C1. The molecule has 3 amide bonds. The third-order valence-corrected chi connectivity index (χ3v) is 8.97. The summed E-state index contributed by atoms with van der Waals surface area (Å²) in [6, 6.07) is 15.2. The van der Waals surface area contributed by atoms with Crippen molar-refractivity contribution in [2.45, 2.75) is 44.7 Å². The van der Waals surface area contributed by atoms with Gasteiger partial charge in [-0.2, -0.15) is 5.10 Å². The molecule has 2 aliphatic heterocycles. The monoisotopic (exact) mass is 628 g/mol. The van der Waals surface area contributed by atoms with Crippen molar-refractivity contribution in [2.24, 2.45) is 5.41 Å². The number of rotatable bonds is 6. The van der Waals surface area contributed by atoms with Crippen molar-refractivity contribution in [1.82, 2.24) is 40.1 Å². The predicted molar refractivity (Wildman–Crippen MR) is 169 cm³/mol. The minimum Gasteiger partial charge on any atom is -0.484 e. The van der Waals surface area contributed by atoms with E-state index in [0.717, 1.165) is 18.4 Å². The predicted octanol–water partition coefficient (Wildman–Crippen LogP) is 2.39. The van der Waals surface area contributed by atoms with Gasteiger partial charge < -0.3 is 29.6 Å². The zero-order chi connectivity index (χ0) is 31.9. The van der Waals surface area contributed by atoms with Gasteiger partial charge in [0.05, 0.1) is 17.5 Å². The largest absolute Gasteiger partial charge is 0.484 e. The number of nitrogens with zero attached hydrogens (tertiary/aromatic N) is 6. The van der Waals surface area contributed by atoms with Crippen molar-refractivity contribution in [3.8, 4) is 5.75 Å². The van der Waals surface area contributed by atoms with E-state index < -0.39 is 5.41 Å². The van der Waals surface area contributed by atoms with Gasteiger partial charge in [0, 0.05) is 51.3 Å². The highest BCUT2D eigenvalue weighted by Gasteiger charge is 2.42. The molecule has 13 heteroatoms. The van der Waals surface area contributed by atoms with Crippen LogP contribution in [0.25, 0.3) is 10.9 Å². The minimum absolute atomic E-state index is 0.00343. The Hall–Kier alpha value is -4.78. The third kappa shape index (κ3) is 6.89. The molecule has 1 saturated heterocycles. The van der Waals surface area contributed by atoms with E-state index in [4.69, 9.17) is 9.47 Å². The Balaban J connectivity index is 1.36. The number of nitrogens with one attached hydrogen (secondary N) is 2. The van der Waals surface area contributed by atoms with Gasteiger partial charge in [0.1, 0.15) is 24.1 Å². The molecule has 2 aliphatic rings. The Kier molecular flexibility index (Phi) is 9.57. The lowest BCUT2D eigenvalue weighted by Gasteiger charge is -2.41. The molecule has 2 N–H and O–H groups in total. The fourth-order valence-electron chi connectivity index (χ4n) is 6.60. The number of hydrogen-bond acceptors (Lipinski definition) is 8. The first-order chi connectivity index (χ1) is 22.5. The molecule has 4 heterocycles. The molecule has 46 heavy (non-hydrogen) atoms. The lowest BCUT2D eigenvalue weighted by atomic mass is 9.75. The second-order valence-corrected chi connectivity index (χ2v) is 12.0. The average Bonchev–Trinajstić information content (AvgIpc) is 3.74. The van der Waals surface area contributed by atoms with E-state index in [1.165, 1.54) is 0 Å². The van der Waals surface area contributed by atoms with Gasteiger partial charge in [-0.05, 0) is 55.9 Å². The van der Waals surface area contributed by atoms with E-state index >= 15 is 0 Å². The highest BCUT2D eigenvalue weighted by molar-refractivity contribution is 6.05. The van der Waals surface area contributed by atoms with Crippen LogP contribution < -0.4 is 15.4 Å². The summed E-state index contributed by atoms with van der Waals surface area (Å²) in [5, 5.41) is 19.3. The smallest absolute Gasteiger partial charge is 0.270 e. The number of likely N-dealkylation sites (tertiary alicyclic amines) is 1. The van der Waals surface area contributed by atoms with Crippen LogP contribution in [0.2, 0.25) is 0 Å². The zero-order valence-electron chi connectivity index (χ0n) is 26.1. The molecule has 242 valence electrons. The number of benzene rings is 2. The first-order valence-electron chi connectivity index (χ1n) is 15.8. The van der Waals surface area contributed by atoms with E-state index in [1.807, 2.05) is 51.9 Å². The maximum absolute atomic E-state index is 14.8. The van der Waals surface area contributed by atoms with Gasteiger partial charge in [0.15, 0.2) is 6.61 Å². The zero-order valence-corrected chi connectivity index (χ0v) is 26.1. The van der Waals surface area contributed by atoms with Gasteiger partial charge in [-0.15, -0.1) is 10.2 Å². The number of piperidine rings is 1. The number of ether oxygens (including phenoxy) is 2. The summed E-state index contributed by atoms with van der Waals surface area (Å²) in [7, 11) is 1.65. The molecule has 2 bridgehead atoms. The van der Waals surface area contributed by atoms with E-state index in [-0.39, 0.29) is 50.0 Å². The van der Waals surface area contributed by atoms with Crippen molar-refractivity contribution in [2.75, 3.05) is 46.5 Å². The Morgan fingerprint density at radius 2 is 1.85 bits per heavy atom. The molecule has 2 aromatic heterocycles. The fourth-order valence-corrected chi connectivity index (χ4v) is 6.60. The lowest BCUT2D eigenvalue weighted by Crippen LogP contribution is -2.53. The maximum Gasteiger partial charge on any atom is 0.270 e. The number of methoxy groups -OCH3 is 1. The summed E-state index contributed by atoms with van der Waals surface area (Å²) in [4.78, 5) is 43.4. The molecule has 6 rings (SSSR count). The molecule has 2 aromatic carbocycles. The van der Waals surface area contributed by atoms with Gasteiger partial charge in [0.25, 0.3) is 11.8 Å². The van der Waals surface area contributed by atoms with E-state index in [1.54, 1.807) is 30.5 Å². The van der Waals surface area contributed by atoms with Gasteiger partial charge in [0.2, 0.25) is 5.91 Å². The molecule has 0 aliphatic carbocycles. The van der Waals surface area contributed by atoms with Crippen molar-refractivity contribution in [3.63, 3.8) is 0 Å². The van der Waals surface area contributed by atoms with Gasteiger partial charge >= 0.3 is 0 Å². The summed E-state index contributed by atoms with van der Waals surface area (Å²) in [6.07, 6.45) is 6.50. The van der Waals surface area contributed by atoms with E-state index in [0.29, 0.717) is 61.3 Å². The van der Waals surface area contributed by atoms with Gasteiger partial charge in [-0.1, -0.05) is 30.3 Å². The Labute approximate surface area is 267 Å². The second-order valence-electron chi connectivity index (χ2n) is 12.0. The number of hydrogen-bond donors (Lipinski definition) is 2. The van der Waals surface area contributed by atoms with Crippen LogP contribution in [-0.2, 0) is 27.3 Å². The molecule has 1 unspecified atom stereocenters. The number of aromatic nitrogens is 5. The van der Waals surface area contributed by atoms with Crippen LogP contribution in [0.1, 0.15) is 47.8 Å². The van der Waals surface area contributed by atoms with Crippen molar-refractivity contribution >= 4 is 28.6 Å². The average molecular weight is 629 g/mol. The second kappa shape index (κ2) is 14.1. The topological polar surface area (TPSA) is 145 Å². The van der Waals surface area contributed by atoms with Crippen LogP contribution in [0.3, 0.4) is 0 Å². The van der Waals surface area contributed by atoms with Crippen LogP contribution in [0.4, 0.5) is 0 Å². The molecule has 0 radical (unpaired) electrons. The Morgan fingerprint density at radius 1 is 1.04 bits per heavy atom. The fraction of sp³-hybridized carbons (Fsp3) is 0.455. The van der Waals surface area contributed by atoms with E-state index in [9.17, 15) is 14.4 Å². The van der Waals surface area contributed by atoms with Crippen LogP contribution in [0, 0.1) is 5.41 Å². The molecular weight excluding hydrogens is 588 g/mol. The molecule has 4 aromatic rings. The number of carbonyl (C=O) groups is 3. The Morgan fingerprint density at radius 3 is 2.65 bits per heavy atom. The first-order valence-corrected chi connectivity index (χ1v) is 15.8. The maximum atomic E-state index is 14.8.